The van der Waals surface area contributed by atoms with Crippen LogP contribution in [-0.2, 0) is 17.5 Å². The Morgan fingerprint density at radius 2 is 1.83 bits per heavy atom. The van der Waals surface area contributed by atoms with Crippen LogP contribution in [0.25, 0.3) is 0 Å². The van der Waals surface area contributed by atoms with Gasteiger partial charge in [-0.15, -0.1) is 0 Å². The Hall–Kier alpha value is -4.04. The summed E-state index contributed by atoms with van der Waals surface area (Å²) in [6, 6.07) is 14.8. The van der Waals surface area contributed by atoms with Crippen molar-refractivity contribution in [3.8, 4) is 11.9 Å². The minimum atomic E-state index is -2.80. The van der Waals surface area contributed by atoms with E-state index in [1.165, 1.54) is 0 Å². The maximum absolute atomic E-state index is 15.2. The molecule has 0 amide bonds. The first kappa shape index (κ1) is 31.9. The van der Waals surface area contributed by atoms with Crippen molar-refractivity contribution in [2.24, 2.45) is 11.8 Å². The Bertz CT molecular complexity index is 1810. The molecular formula is C36H41N3O6Si. The molecule has 240 valence electrons. The number of benzene rings is 2. The Kier molecular flexibility index (Phi) is 7.66. The lowest BCUT2D eigenvalue weighted by Gasteiger charge is -2.55. The van der Waals surface area contributed by atoms with E-state index in [9.17, 15) is 15.2 Å². The number of carbonyl (C=O) groups excluding carboxylic acids is 2. The number of nitriles is 1. The Labute approximate surface area is 270 Å². The number of hydrogen-bond donors (Lipinski definition) is 1. The van der Waals surface area contributed by atoms with Crippen molar-refractivity contribution in [2.75, 3.05) is 14.1 Å². The number of aliphatic hydroxyl groups is 1. The van der Waals surface area contributed by atoms with Gasteiger partial charge < -0.3 is 18.8 Å². The highest BCUT2D eigenvalue weighted by Crippen LogP contribution is 2.59. The maximum atomic E-state index is 15.2. The molecular weight excluding hydrogens is 598 g/mol. The largest absolute Gasteiger partial charge is 0.508 e. The summed E-state index contributed by atoms with van der Waals surface area (Å²) in [6.45, 7) is 12.3. The smallest absolute Gasteiger partial charge is 0.265 e. The van der Waals surface area contributed by atoms with Crippen LogP contribution >= 0.6 is 0 Å². The van der Waals surface area contributed by atoms with E-state index in [2.05, 4.69) is 32.0 Å². The van der Waals surface area contributed by atoms with Crippen molar-refractivity contribution < 1.29 is 28.4 Å². The molecule has 1 N–H and O–H groups in total. The van der Waals surface area contributed by atoms with Crippen LogP contribution in [0.1, 0.15) is 82.0 Å². The molecule has 3 aromatic rings. The second kappa shape index (κ2) is 11.0. The monoisotopic (exact) mass is 639 g/mol. The molecule has 9 nitrogen and oxygen atoms in total. The quantitative estimate of drug-likeness (QED) is 0.287. The highest BCUT2D eigenvalue weighted by Gasteiger charge is 2.67. The van der Waals surface area contributed by atoms with Crippen LogP contribution in [0.15, 0.2) is 58.3 Å². The van der Waals surface area contributed by atoms with Gasteiger partial charge in [0.2, 0.25) is 5.78 Å². The topological polar surface area (TPSA) is 126 Å². The Balaban J connectivity index is 1.59. The molecule has 0 bridgehead atoms. The SMILES string of the molecule is Cc1ccc(C#N)c2c1C(=O)C1=C(O)[C@]3(O[Si](C)(C)C(C)(C)C)C(=O)c4c(OCc5ccccc5)noc4[C@@H](N(C)C)[C@@H]3C[C@@H]1C2. The summed E-state index contributed by atoms with van der Waals surface area (Å²) in [5, 5.41) is 26.4. The predicted octanol–water partition coefficient (Wildman–Crippen LogP) is 6.88. The summed E-state index contributed by atoms with van der Waals surface area (Å²) in [5.74, 6) is -1.88. The number of nitrogens with zero attached hydrogens (tertiary/aromatic N) is 3. The number of Topliss-reactive ketones (excluding diaryl/α,β-unsaturated/α-hetero) is 2. The number of aryl methyl sites for hydroxylation is 1. The molecule has 0 radical (unpaired) electrons. The summed E-state index contributed by atoms with van der Waals surface area (Å²) in [5.41, 5.74) is 1.61. The average Bonchev–Trinajstić information content (AvgIpc) is 3.40. The van der Waals surface area contributed by atoms with Crippen molar-refractivity contribution in [3.63, 3.8) is 0 Å². The molecule has 6 rings (SSSR count). The van der Waals surface area contributed by atoms with Crippen molar-refractivity contribution in [1.29, 1.82) is 5.26 Å². The van der Waals surface area contributed by atoms with Crippen molar-refractivity contribution in [1.82, 2.24) is 10.1 Å². The molecule has 0 spiro atoms. The molecule has 1 aromatic heterocycles. The van der Waals surface area contributed by atoms with Crippen molar-refractivity contribution in [2.45, 2.75) is 76.9 Å². The Morgan fingerprint density at radius 3 is 2.46 bits per heavy atom. The lowest BCUT2D eigenvalue weighted by molar-refractivity contribution is -0.0480. The minimum Gasteiger partial charge on any atom is -0.508 e. The van der Waals surface area contributed by atoms with Gasteiger partial charge in [-0.05, 0) is 85.8 Å². The molecule has 1 heterocycles. The van der Waals surface area contributed by atoms with Crippen LogP contribution in [-0.4, -0.2) is 54.7 Å². The number of carbonyl (C=O) groups is 2. The summed E-state index contributed by atoms with van der Waals surface area (Å²) >= 11 is 0. The third-order valence-corrected chi connectivity index (χ3v) is 15.0. The number of allylic oxidation sites excluding steroid dienone is 1. The van der Waals surface area contributed by atoms with E-state index in [-0.39, 0.29) is 40.2 Å². The highest BCUT2D eigenvalue weighted by molar-refractivity contribution is 6.74. The maximum Gasteiger partial charge on any atom is 0.265 e. The van der Waals surface area contributed by atoms with Gasteiger partial charge >= 0.3 is 0 Å². The van der Waals surface area contributed by atoms with E-state index in [4.69, 9.17) is 13.7 Å². The standard InChI is InChI=1S/C36H41N3O6Si/c1-20-14-15-22(18-37)24-16-23-17-25-29(39(5)6)31-28(34(38-44-31)43-19-21-12-10-9-11-13-21)33(42)36(25,45-46(7,8)35(2,3)4)32(41)27(23)30(40)26(20)24/h9-15,23,25,29,41H,16-17,19H2,1-8H3/t23-,25-,29-,36-/m0/s1. The molecule has 0 fully saturated rings. The zero-order valence-electron chi connectivity index (χ0n) is 27.7. The van der Waals surface area contributed by atoms with Gasteiger partial charge in [0.1, 0.15) is 17.9 Å². The number of ketones is 2. The van der Waals surface area contributed by atoms with E-state index >= 15 is 4.79 Å². The number of rotatable bonds is 6. The molecule has 4 atom stereocenters. The van der Waals surface area contributed by atoms with Gasteiger partial charge in [0, 0.05) is 17.1 Å². The van der Waals surface area contributed by atoms with Gasteiger partial charge in [-0.3, -0.25) is 14.5 Å². The van der Waals surface area contributed by atoms with Crippen LogP contribution in [0.4, 0.5) is 0 Å². The van der Waals surface area contributed by atoms with Gasteiger partial charge in [0.15, 0.2) is 25.5 Å². The van der Waals surface area contributed by atoms with E-state index in [1.54, 1.807) is 12.1 Å². The number of aromatic nitrogens is 1. The number of fused-ring (bicyclic) bond motifs is 4. The second-order valence-corrected chi connectivity index (χ2v) is 19.3. The van der Waals surface area contributed by atoms with Crippen LogP contribution in [0.3, 0.4) is 0 Å². The number of hydrogen-bond acceptors (Lipinski definition) is 9. The van der Waals surface area contributed by atoms with E-state index < -0.39 is 37.6 Å². The summed E-state index contributed by atoms with van der Waals surface area (Å²) in [7, 11) is 0.981. The molecule has 0 saturated heterocycles. The highest BCUT2D eigenvalue weighted by atomic mass is 28.4. The fourth-order valence-electron chi connectivity index (χ4n) is 7.26. The normalized spacial score (nSPS) is 24.2. The molecule has 46 heavy (non-hydrogen) atoms. The Morgan fingerprint density at radius 1 is 1.13 bits per heavy atom. The molecule has 3 aliphatic carbocycles. The van der Waals surface area contributed by atoms with Gasteiger partial charge in [-0.25, -0.2) is 0 Å². The molecule has 3 aliphatic rings. The lowest BCUT2D eigenvalue weighted by atomic mass is 9.58. The van der Waals surface area contributed by atoms with Gasteiger partial charge in [0.25, 0.3) is 5.88 Å². The van der Waals surface area contributed by atoms with Gasteiger partial charge in [0.05, 0.1) is 17.7 Å². The molecule has 10 heteroatoms. The first-order valence-corrected chi connectivity index (χ1v) is 18.6. The second-order valence-electron chi connectivity index (χ2n) is 14.6. The lowest BCUT2D eigenvalue weighted by Crippen LogP contribution is -2.65. The van der Waals surface area contributed by atoms with E-state index in [0.717, 1.165) is 11.1 Å². The predicted molar refractivity (Wildman–Crippen MR) is 174 cm³/mol. The summed E-state index contributed by atoms with van der Waals surface area (Å²) in [6.07, 6.45) is 0.744. The third-order valence-electron chi connectivity index (χ3n) is 10.5. The van der Waals surface area contributed by atoms with Gasteiger partial charge in [-0.1, -0.05) is 57.2 Å². The third kappa shape index (κ3) is 4.67. The molecule has 2 aromatic carbocycles. The minimum absolute atomic E-state index is 0.0297. The number of ether oxygens (including phenoxy) is 1. The molecule has 0 saturated carbocycles. The fourth-order valence-corrected chi connectivity index (χ4v) is 8.71. The van der Waals surface area contributed by atoms with Crippen molar-refractivity contribution >= 4 is 19.9 Å². The first-order chi connectivity index (χ1) is 21.6. The number of aliphatic hydroxyl groups excluding tert-OH is 1. The fraction of sp³-hybridized carbons (Fsp3) is 0.444. The van der Waals surface area contributed by atoms with Crippen LogP contribution in [0.5, 0.6) is 5.88 Å². The average molecular weight is 640 g/mol. The molecule has 0 unspecified atom stereocenters. The summed E-state index contributed by atoms with van der Waals surface area (Å²) in [4.78, 5) is 31.6. The summed E-state index contributed by atoms with van der Waals surface area (Å²) < 4.78 is 19.2. The zero-order chi connectivity index (χ0) is 33.3. The van der Waals surface area contributed by atoms with Crippen LogP contribution in [0, 0.1) is 30.1 Å². The van der Waals surface area contributed by atoms with E-state index in [0.29, 0.717) is 35.3 Å². The van der Waals surface area contributed by atoms with Crippen LogP contribution in [0.2, 0.25) is 18.1 Å². The van der Waals surface area contributed by atoms with Crippen LogP contribution < -0.4 is 4.74 Å². The van der Waals surface area contributed by atoms with Crippen molar-refractivity contribution in [3.05, 3.63) is 92.9 Å². The molecule has 0 aliphatic heterocycles. The van der Waals surface area contributed by atoms with E-state index in [1.807, 2.05) is 69.3 Å². The first-order valence-electron chi connectivity index (χ1n) is 15.7. The van der Waals surface area contributed by atoms with Gasteiger partial charge in [-0.2, -0.15) is 5.26 Å². The zero-order valence-corrected chi connectivity index (χ0v) is 28.7.